The monoisotopic (exact) mass is 328 g/mol. The molecule has 2 aliphatic heterocycles. The lowest BCUT2D eigenvalue weighted by Crippen LogP contribution is -2.47. The van der Waals surface area contributed by atoms with Crippen LogP contribution < -0.4 is 5.32 Å². The van der Waals surface area contributed by atoms with Crippen molar-refractivity contribution in [2.24, 2.45) is 5.41 Å². The zero-order chi connectivity index (χ0) is 15.6. The van der Waals surface area contributed by atoms with Crippen LogP contribution in [0.2, 0.25) is 0 Å². The fraction of sp³-hybridized carbons (Fsp3) is 0.938. The predicted molar refractivity (Wildman–Crippen MR) is 86.4 cm³/mol. The number of rotatable bonds is 3. The molecular formula is C16H28N2O3S. The minimum Gasteiger partial charge on any atom is -0.351 e. The Morgan fingerprint density at radius 1 is 1.09 bits per heavy atom. The van der Waals surface area contributed by atoms with E-state index >= 15 is 0 Å². The number of amides is 1. The molecule has 0 aromatic heterocycles. The number of sulfone groups is 1. The molecule has 1 amide bonds. The van der Waals surface area contributed by atoms with Crippen LogP contribution in [0.3, 0.4) is 0 Å². The molecule has 5 nitrogen and oxygen atoms in total. The van der Waals surface area contributed by atoms with Crippen LogP contribution in [0.25, 0.3) is 0 Å². The van der Waals surface area contributed by atoms with Crippen LogP contribution in [0.1, 0.15) is 51.4 Å². The van der Waals surface area contributed by atoms with E-state index < -0.39 is 9.84 Å². The molecule has 6 heteroatoms. The Kier molecular flexibility index (Phi) is 4.78. The van der Waals surface area contributed by atoms with Gasteiger partial charge in [0.25, 0.3) is 0 Å². The summed E-state index contributed by atoms with van der Waals surface area (Å²) in [6.45, 7) is 2.44. The first-order valence-electron chi connectivity index (χ1n) is 8.69. The molecule has 2 heterocycles. The van der Waals surface area contributed by atoms with E-state index in [0.29, 0.717) is 18.4 Å². The number of hydrogen-bond donors (Lipinski definition) is 1. The Morgan fingerprint density at radius 3 is 2.36 bits per heavy atom. The number of hydrogen-bond acceptors (Lipinski definition) is 4. The molecule has 2 saturated heterocycles. The molecule has 3 aliphatic rings. The van der Waals surface area contributed by atoms with Gasteiger partial charge >= 0.3 is 0 Å². The van der Waals surface area contributed by atoms with Crippen LogP contribution in [-0.4, -0.2) is 56.4 Å². The Labute approximate surface area is 133 Å². The standard InChI is InChI=1S/C16H28N2O3S/c19-15(17-14-4-11-22(20,21)13-14)12-18-9-7-16(8-10-18)5-2-1-3-6-16/h14H,1-13H2,(H,17,19). The van der Waals surface area contributed by atoms with E-state index in [-0.39, 0.29) is 23.5 Å². The van der Waals surface area contributed by atoms with Gasteiger partial charge in [-0.25, -0.2) is 8.42 Å². The molecule has 3 rings (SSSR count). The van der Waals surface area contributed by atoms with Gasteiger partial charge in [0, 0.05) is 6.04 Å². The van der Waals surface area contributed by atoms with Gasteiger partial charge < -0.3 is 5.32 Å². The van der Waals surface area contributed by atoms with Crippen LogP contribution in [0.15, 0.2) is 0 Å². The van der Waals surface area contributed by atoms with E-state index in [4.69, 9.17) is 0 Å². The summed E-state index contributed by atoms with van der Waals surface area (Å²) in [4.78, 5) is 14.3. The zero-order valence-corrected chi connectivity index (χ0v) is 14.2. The normalized spacial score (nSPS) is 31.2. The molecule has 126 valence electrons. The molecule has 1 spiro atoms. The number of nitrogens with zero attached hydrogens (tertiary/aromatic N) is 1. The lowest BCUT2D eigenvalue weighted by atomic mass is 9.68. The lowest BCUT2D eigenvalue weighted by Gasteiger charge is -2.44. The van der Waals surface area contributed by atoms with Gasteiger partial charge in [0.05, 0.1) is 18.1 Å². The average Bonchev–Trinajstić information content (AvgIpc) is 2.81. The van der Waals surface area contributed by atoms with Crippen molar-refractivity contribution < 1.29 is 13.2 Å². The van der Waals surface area contributed by atoms with Gasteiger partial charge in [-0.15, -0.1) is 0 Å². The van der Waals surface area contributed by atoms with Crippen molar-refractivity contribution in [2.45, 2.75) is 57.4 Å². The van der Waals surface area contributed by atoms with Crippen molar-refractivity contribution >= 4 is 15.7 Å². The quantitative estimate of drug-likeness (QED) is 0.849. The molecule has 0 bridgehead atoms. The Balaban J connectivity index is 1.42. The zero-order valence-electron chi connectivity index (χ0n) is 13.3. The molecule has 0 aromatic carbocycles. The summed E-state index contributed by atoms with van der Waals surface area (Å²) in [6, 6.07) is -0.174. The van der Waals surface area contributed by atoms with Crippen molar-refractivity contribution in [2.75, 3.05) is 31.1 Å². The molecule has 1 unspecified atom stereocenters. The van der Waals surface area contributed by atoms with Gasteiger partial charge in [-0.3, -0.25) is 9.69 Å². The minimum absolute atomic E-state index is 0.0123. The van der Waals surface area contributed by atoms with E-state index in [1.54, 1.807) is 0 Å². The fourth-order valence-electron chi connectivity index (χ4n) is 4.37. The molecule has 3 fully saturated rings. The maximum atomic E-state index is 12.1. The highest BCUT2D eigenvalue weighted by molar-refractivity contribution is 7.91. The summed E-state index contributed by atoms with van der Waals surface area (Å²) in [7, 11) is -2.92. The predicted octanol–water partition coefficient (Wildman–Crippen LogP) is 1.34. The van der Waals surface area contributed by atoms with Crippen LogP contribution >= 0.6 is 0 Å². The van der Waals surface area contributed by atoms with Crippen molar-refractivity contribution in [3.8, 4) is 0 Å². The van der Waals surface area contributed by atoms with Gasteiger partial charge in [0.1, 0.15) is 0 Å². The summed E-state index contributed by atoms with van der Waals surface area (Å²) in [6.07, 6.45) is 9.87. The summed E-state index contributed by atoms with van der Waals surface area (Å²) < 4.78 is 22.8. The Bertz CT molecular complexity index is 501. The number of carbonyl (C=O) groups is 1. The molecule has 1 atom stereocenters. The molecule has 1 N–H and O–H groups in total. The average molecular weight is 328 g/mol. The van der Waals surface area contributed by atoms with E-state index in [1.807, 2.05) is 0 Å². The number of carbonyl (C=O) groups excluding carboxylic acids is 1. The topological polar surface area (TPSA) is 66.5 Å². The Hall–Kier alpha value is -0.620. The Morgan fingerprint density at radius 2 is 1.77 bits per heavy atom. The number of piperidine rings is 1. The highest BCUT2D eigenvalue weighted by atomic mass is 32.2. The SMILES string of the molecule is O=C(CN1CCC2(CCCCC2)CC1)NC1CCS(=O)(=O)C1. The smallest absolute Gasteiger partial charge is 0.234 e. The summed E-state index contributed by atoms with van der Waals surface area (Å²) in [5.74, 6) is 0.313. The minimum atomic E-state index is -2.92. The van der Waals surface area contributed by atoms with Crippen LogP contribution in [-0.2, 0) is 14.6 Å². The molecule has 1 saturated carbocycles. The maximum absolute atomic E-state index is 12.1. The summed E-state index contributed by atoms with van der Waals surface area (Å²) in [5.41, 5.74) is 0.560. The van der Waals surface area contributed by atoms with Crippen molar-refractivity contribution in [3.63, 3.8) is 0 Å². The van der Waals surface area contributed by atoms with Crippen LogP contribution in [0.5, 0.6) is 0 Å². The molecule has 0 aromatic rings. The lowest BCUT2D eigenvalue weighted by molar-refractivity contribution is -0.123. The van der Waals surface area contributed by atoms with E-state index in [9.17, 15) is 13.2 Å². The van der Waals surface area contributed by atoms with E-state index in [1.165, 1.54) is 44.9 Å². The van der Waals surface area contributed by atoms with Gasteiger partial charge in [-0.05, 0) is 50.6 Å². The molecule has 1 aliphatic carbocycles. The molecule has 22 heavy (non-hydrogen) atoms. The second-order valence-electron chi connectivity index (χ2n) is 7.50. The number of nitrogens with one attached hydrogen (secondary N) is 1. The maximum Gasteiger partial charge on any atom is 0.234 e. The summed E-state index contributed by atoms with van der Waals surface area (Å²) >= 11 is 0. The van der Waals surface area contributed by atoms with Crippen molar-refractivity contribution in [1.82, 2.24) is 10.2 Å². The first-order valence-corrected chi connectivity index (χ1v) is 10.5. The number of likely N-dealkylation sites (tertiary alicyclic amines) is 1. The summed E-state index contributed by atoms with van der Waals surface area (Å²) in [5, 5.41) is 2.89. The first-order chi connectivity index (χ1) is 10.5. The van der Waals surface area contributed by atoms with Gasteiger partial charge in [-0.2, -0.15) is 0 Å². The fourth-order valence-corrected chi connectivity index (χ4v) is 6.05. The largest absolute Gasteiger partial charge is 0.351 e. The van der Waals surface area contributed by atoms with Crippen LogP contribution in [0, 0.1) is 5.41 Å². The first kappa shape index (κ1) is 16.2. The third-order valence-electron chi connectivity index (χ3n) is 5.80. The molecular weight excluding hydrogens is 300 g/mol. The highest BCUT2D eigenvalue weighted by Crippen LogP contribution is 2.44. The van der Waals surface area contributed by atoms with Crippen LogP contribution in [0.4, 0.5) is 0 Å². The second-order valence-corrected chi connectivity index (χ2v) is 9.73. The van der Waals surface area contributed by atoms with E-state index in [0.717, 1.165) is 13.1 Å². The van der Waals surface area contributed by atoms with Gasteiger partial charge in [0.2, 0.25) is 5.91 Å². The van der Waals surface area contributed by atoms with Crippen molar-refractivity contribution in [1.29, 1.82) is 0 Å². The highest BCUT2D eigenvalue weighted by Gasteiger charge is 2.36. The second kappa shape index (κ2) is 6.48. The third-order valence-corrected chi connectivity index (χ3v) is 7.56. The van der Waals surface area contributed by atoms with Crippen molar-refractivity contribution in [3.05, 3.63) is 0 Å². The van der Waals surface area contributed by atoms with Gasteiger partial charge in [0.15, 0.2) is 9.84 Å². The molecule has 0 radical (unpaired) electrons. The third kappa shape index (κ3) is 4.02. The van der Waals surface area contributed by atoms with Gasteiger partial charge in [-0.1, -0.05) is 19.3 Å². The van der Waals surface area contributed by atoms with E-state index in [2.05, 4.69) is 10.2 Å².